The number of rotatable bonds is 5. The Hall–Kier alpha value is -2.28. The van der Waals surface area contributed by atoms with E-state index in [-0.39, 0.29) is 29.5 Å². The molecule has 0 radical (unpaired) electrons. The number of carbonyl (C=O) groups excluding carboxylic acids is 2. The smallest absolute Gasteiger partial charge is 0.337 e. The molecule has 108 valence electrons. The maximum absolute atomic E-state index is 11.5. The quantitative estimate of drug-likeness (QED) is 0.657. The third kappa shape index (κ3) is 4.77. The second-order valence-corrected chi connectivity index (χ2v) is 4.21. The number of hydrogen-bond acceptors (Lipinski definition) is 3. The molecule has 7 nitrogen and oxygen atoms in total. The number of amides is 3. The summed E-state index contributed by atoms with van der Waals surface area (Å²) in [5, 5.41) is 16.3. The summed E-state index contributed by atoms with van der Waals surface area (Å²) in [6.45, 7) is 0.172. The van der Waals surface area contributed by atoms with Gasteiger partial charge in [0.15, 0.2) is 0 Å². The summed E-state index contributed by atoms with van der Waals surface area (Å²) in [7, 11) is 1.50. The van der Waals surface area contributed by atoms with Gasteiger partial charge in [-0.3, -0.25) is 4.79 Å². The molecule has 0 unspecified atom stereocenters. The predicted molar refractivity (Wildman–Crippen MR) is 74.1 cm³/mol. The van der Waals surface area contributed by atoms with Crippen LogP contribution in [0.3, 0.4) is 0 Å². The molecule has 1 aromatic rings. The fraction of sp³-hybridized carbons (Fsp3) is 0.250. The number of carbonyl (C=O) groups is 3. The molecule has 0 fully saturated rings. The SMILES string of the molecule is CNC(=O)CCNC(=O)Nc1ccc(Cl)c(C(=O)O)c1. The van der Waals surface area contributed by atoms with Crippen molar-refractivity contribution in [1.82, 2.24) is 10.6 Å². The number of benzene rings is 1. The number of nitrogens with one attached hydrogen (secondary N) is 3. The first-order chi connectivity index (χ1) is 9.43. The second-order valence-electron chi connectivity index (χ2n) is 3.80. The summed E-state index contributed by atoms with van der Waals surface area (Å²) in [5.41, 5.74) is 0.194. The van der Waals surface area contributed by atoms with E-state index in [4.69, 9.17) is 16.7 Å². The van der Waals surface area contributed by atoms with Crippen LogP contribution >= 0.6 is 11.6 Å². The lowest BCUT2D eigenvalue weighted by Crippen LogP contribution is -2.32. The van der Waals surface area contributed by atoms with E-state index in [0.717, 1.165) is 0 Å². The van der Waals surface area contributed by atoms with Crippen molar-refractivity contribution in [2.24, 2.45) is 0 Å². The van der Waals surface area contributed by atoms with Crippen molar-refractivity contribution in [2.45, 2.75) is 6.42 Å². The molecule has 0 atom stereocenters. The summed E-state index contributed by atoms with van der Waals surface area (Å²) in [6.07, 6.45) is 0.158. The van der Waals surface area contributed by atoms with E-state index in [1.807, 2.05) is 0 Å². The average Bonchev–Trinajstić information content (AvgIpc) is 2.40. The van der Waals surface area contributed by atoms with E-state index in [2.05, 4.69) is 16.0 Å². The largest absolute Gasteiger partial charge is 0.478 e. The highest BCUT2D eigenvalue weighted by atomic mass is 35.5. The van der Waals surface area contributed by atoms with Gasteiger partial charge >= 0.3 is 12.0 Å². The van der Waals surface area contributed by atoms with Gasteiger partial charge in [0, 0.05) is 25.7 Å². The van der Waals surface area contributed by atoms with E-state index in [1.165, 1.54) is 25.2 Å². The Morgan fingerprint density at radius 3 is 2.60 bits per heavy atom. The molecule has 0 heterocycles. The van der Waals surface area contributed by atoms with Gasteiger partial charge in [0.2, 0.25) is 5.91 Å². The lowest BCUT2D eigenvalue weighted by Gasteiger charge is -2.08. The van der Waals surface area contributed by atoms with Crippen LogP contribution in [0.15, 0.2) is 18.2 Å². The second kappa shape index (κ2) is 7.34. The zero-order valence-corrected chi connectivity index (χ0v) is 11.5. The molecule has 0 aliphatic heterocycles. The third-order valence-corrected chi connectivity index (χ3v) is 2.70. The minimum atomic E-state index is -1.18. The van der Waals surface area contributed by atoms with Crippen molar-refractivity contribution >= 4 is 35.2 Å². The van der Waals surface area contributed by atoms with Crippen LogP contribution in [0.25, 0.3) is 0 Å². The third-order valence-electron chi connectivity index (χ3n) is 2.37. The zero-order chi connectivity index (χ0) is 15.1. The Bertz CT molecular complexity index is 533. The fourth-order valence-electron chi connectivity index (χ4n) is 1.36. The summed E-state index contributed by atoms with van der Waals surface area (Å²) < 4.78 is 0. The molecule has 0 saturated heterocycles. The highest BCUT2D eigenvalue weighted by Gasteiger charge is 2.10. The van der Waals surface area contributed by atoms with Gasteiger partial charge in [-0.15, -0.1) is 0 Å². The number of urea groups is 1. The summed E-state index contributed by atoms with van der Waals surface area (Å²) >= 11 is 5.71. The number of halogens is 1. The Morgan fingerprint density at radius 2 is 2.00 bits per heavy atom. The van der Waals surface area contributed by atoms with Crippen molar-refractivity contribution in [3.05, 3.63) is 28.8 Å². The van der Waals surface area contributed by atoms with Crippen molar-refractivity contribution in [3.8, 4) is 0 Å². The van der Waals surface area contributed by atoms with Gasteiger partial charge in [0.1, 0.15) is 0 Å². The molecule has 1 aromatic carbocycles. The van der Waals surface area contributed by atoms with Gasteiger partial charge in [-0.05, 0) is 18.2 Å². The molecule has 0 aromatic heterocycles. The molecule has 0 bridgehead atoms. The Morgan fingerprint density at radius 1 is 1.30 bits per heavy atom. The maximum atomic E-state index is 11.5. The van der Waals surface area contributed by atoms with Gasteiger partial charge < -0.3 is 21.1 Å². The lowest BCUT2D eigenvalue weighted by molar-refractivity contribution is -0.120. The Balaban J connectivity index is 2.56. The molecule has 0 saturated carbocycles. The van der Waals surface area contributed by atoms with E-state index in [1.54, 1.807) is 0 Å². The van der Waals surface area contributed by atoms with E-state index in [0.29, 0.717) is 5.69 Å². The van der Waals surface area contributed by atoms with Crippen molar-refractivity contribution in [2.75, 3.05) is 18.9 Å². The monoisotopic (exact) mass is 299 g/mol. The van der Waals surface area contributed by atoms with E-state index < -0.39 is 12.0 Å². The van der Waals surface area contributed by atoms with Crippen LogP contribution in [0.1, 0.15) is 16.8 Å². The van der Waals surface area contributed by atoms with Gasteiger partial charge in [-0.25, -0.2) is 9.59 Å². The number of anilines is 1. The zero-order valence-electron chi connectivity index (χ0n) is 10.7. The fourth-order valence-corrected chi connectivity index (χ4v) is 1.56. The molecule has 20 heavy (non-hydrogen) atoms. The summed E-state index contributed by atoms with van der Waals surface area (Å²) in [6, 6.07) is 3.58. The number of carboxylic acids is 1. The van der Waals surface area contributed by atoms with Crippen molar-refractivity contribution in [3.63, 3.8) is 0 Å². The Kier molecular flexibility index (Phi) is 5.79. The minimum Gasteiger partial charge on any atom is -0.478 e. The van der Waals surface area contributed by atoms with Crippen LogP contribution < -0.4 is 16.0 Å². The minimum absolute atomic E-state index is 0.0862. The van der Waals surface area contributed by atoms with Crippen LogP contribution in [0.4, 0.5) is 10.5 Å². The maximum Gasteiger partial charge on any atom is 0.337 e. The van der Waals surface area contributed by atoms with Gasteiger partial charge in [-0.2, -0.15) is 0 Å². The van der Waals surface area contributed by atoms with E-state index in [9.17, 15) is 14.4 Å². The van der Waals surface area contributed by atoms with Crippen LogP contribution in [0, 0.1) is 0 Å². The van der Waals surface area contributed by atoms with Crippen molar-refractivity contribution in [1.29, 1.82) is 0 Å². The van der Waals surface area contributed by atoms with Gasteiger partial charge in [0.05, 0.1) is 10.6 Å². The summed E-state index contributed by atoms with van der Waals surface area (Å²) in [5.74, 6) is -1.37. The van der Waals surface area contributed by atoms with Crippen LogP contribution in [-0.4, -0.2) is 36.6 Å². The van der Waals surface area contributed by atoms with E-state index >= 15 is 0 Å². The average molecular weight is 300 g/mol. The molecule has 1 rings (SSSR count). The Labute approximate surface area is 120 Å². The molecule has 0 aliphatic rings. The van der Waals surface area contributed by atoms with Crippen LogP contribution in [0.5, 0.6) is 0 Å². The molecule has 4 N–H and O–H groups in total. The predicted octanol–water partition coefficient (Wildman–Crippen LogP) is 1.30. The first-order valence-corrected chi connectivity index (χ1v) is 6.10. The highest BCUT2D eigenvalue weighted by molar-refractivity contribution is 6.33. The number of hydrogen-bond donors (Lipinski definition) is 4. The molecule has 8 heteroatoms. The summed E-state index contributed by atoms with van der Waals surface area (Å²) in [4.78, 5) is 33.3. The first kappa shape index (κ1) is 15.8. The van der Waals surface area contributed by atoms with Crippen LogP contribution in [-0.2, 0) is 4.79 Å². The molecular weight excluding hydrogens is 286 g/mol. The number of carboxylic acid groups (broad SMARTS) is 1. The molecular formula is C12H14ClN3O4. The lowest BCUT2D eigenvalue weighted by atomic mass is 10.2. The normalized spacial score (nSPS) is 9.70. The highest BCUT2D eigenvalue weighted by Crippen LogP contribution is 2.20. The first-order valence-electron chi connectivity index (χ1n) is 5.72. The molecule has 0 spiro atoms. The standard InChI is InChI=1S/C12H14ClN3O4/c1-14-10(17)4-5-15-12(20)16-7-2-3-9(13)8(6-7)11(18)19/h2-3,6H,4-5H2,1H3,(H,14,17)(H,18,19)(H2,15,16,20). The number of aromatic carboxylic acids is 1. The van der Waals surface area contributed by atoms with Gasteiger partial charge in [-0.1, -0.05) is 11.6 Å². The van der Waals surface area contributed by atoms with Gasteiger partial charge in [0.25, 0.3) is 0 Å². The molecule has 0 aliphatic carbocycles. The topological polar surface area (TPSA) is 108 Å². The van der Waals surface area contributed by atoms with Crippen LogP contribution in [0.2, 0.25) is 5.02 Å². The molecule has 3 amide bonds. The van der Waals surface area contributed by atoms with Crippen molar-refractivity contribution < 1.29 is 19.5 Å².